The molecule has 1 saturated heterocycles. The van der Waals surface area contributed by atoms with E-state index < -0.39 is 36.0 Å². The first-order chi connectivity index (χ1) is 17.2. The number of amides is 2. The Kier molecular flexibility index (Phi) is 8.51. The number of hydrazine groups is 1. The Morgan fingerprint density at radius 1 is 1.27 bits per heavy atom. The molecule has 3 unspecified atom stereocenters. The summed E-state index contributed by atoms with van der Waals surface area (Å²) in [5.41, 5.74) is 1.41. The summed E-state index contributed by atoms with van der Waals surface area (Å²) < 4.78 is 36.1. The normalized spacial score (nSPS) is 22.5. The summed E-state index contributed by atoms with van der Waals surface area (Å²) in [6.07, 6.45) is 0.863. The van der Waals surface area contributed by atoms with Crippen LogP contribution >= 0.6 is 0 Å². The lowest BCUT2D eigenvalue weighted by molar-refractivity contribution is -0.121. The average molecular weight is 523 g/mol. The van der Waals surface area contributed by atoms with Gasteiger partial charge in [-0.3, -0.25) is 4.79 Å². The Bertz CT molecular complexity index is 1010. The molecular formula is C27H40F2N4O4. The van der Waals surface area contributed by atoms with E-state index in [1.807, 2.05) is 37.0 Å². The predicted molar refractivity (Wildman–Crippen MR) is 138 cm³/mol. The van der Waals surface area contributed by atoms with E-state index in [-0.39, 0.29) is 37.4 Å². The summed E-state index contributed by atoms with van der Waals surface area (Å²) in [4.78, 5) is 37.4. The van der Waals surface area contributed by atoms with Crippen LogP contribution in [0.25, 0.3) is 0 Å². The van der Waals surface area contributed by atoms with Gasteiger partial charge in [-0.2, -0.15) is 0 Å². The van der Waals surface area contributed by atoms with E-state index in [2.05, 4.69) is 5.32 Å². The first-order valence-corrected chi connectivity index (χ1v) is 12.9. The maximum atomic E-state index is 15.4. The maximum Gasteiger partial charge on any atom is 0.410 e. The van der Waals surface area contributed by atoms with Gasteiger partial charge in [0, 0.05) is 39.0 Å². The number of anilines is 1. The van der Waals surface area contributed by atoms with Gasteiger partial charge in [-0.15, -0.1) is 0 Å². The van der Waals surface area contributed by atoms with Crippen molar-refractivity contribution in [3.63, 3.8) is 0 Å². The predicted octanol–water partition coefficient (Wildman–Crippen LogP) is 4.50. The van der Waals surface area contributed by atoms with E-state index in [4.69, 9.17) is 4.74 Å². The second-order valence-electron chi connectivity index (χ2n) is 11.3. The third-order valence-electron chi connectivity index (χ3n) is 7.07. The van der Waals surface area contributed by atoms with Crippen LogP contribution in [0.2, 0.25) is 0 Å². The third kappa shape index (κ3) is 6.22. The van der Waals surface area contributed by atoms with Gasteiger partial charge in [-0.1, -0.05) is 12.1 Å². The van der Waals surface area contributed by atoms with Crippen molar-refractivity contribution in [1.82, 2.24) is 15.2 Å². The molecule has 3 rings (SSSR count). The molecule has 8 nitrogen and oxygen atoms in total. The number of fused-ring (bicyclic) bond motifs is 1. The van der Waals surface area contributed by atoms with Crippen LogP contribution in [-0.2, 0) is 14.3 Å². The first-order valence-electron chi connectivity index (χ1n) is 12.9. The fourth-order valence-electron chi connectivity index (χ4n) is 5.44. The Morgan fingerprint density at radius 2 is 1.95 bits per heavy atom. The lowest BCUT2D eigenvalue weighted by Crippen LogP contribution is -2.51. The molecule has 0 radical (unpaired) electrons. The molecule has 2 amide bonds. The third-order valence-corrected chi connectivity index (χ3v) is 7.07. The molecule has 1 N–H and O–H groups in total. The van der Waals surface area contributed by atoms with Gasteiger partial charge in [0.25, 0.3) is 5.92 Å². The number of alkyl halides is 2. The first kappa shape index (κ1) is 28.8. The molecular weight excluding hydrogens is 482 g/mol. The van der Waals surface area contributed by atoms with Crippen LogP contribution in [0.3, 0.4) is 0 Å². The lowest BCUT2D eigenvalue weighted by Gasteiger charge is -2.39. The van der Waals surface area contributed by atoms with E-state index in [0.29, 0.717) is 12.0 Å². The minimum atomic E-state index is -3.13. The molecule has 2 aliphatic rings. The fourth-order valence-corrected chi connectivity index (χ4v) is 5.44. The fraction of sp³-hybridized carbons (Fsp3) is 0.667. The van der Waals surface area contributed by atoms with Gasteiger partial charge in [-0.05, 0) is 64.7 Å². The minimum Gasteiger partial charge on any atom is -0.444 e. The lowest BCUT2D eigenvalue weighted by atomic mass is 9.84. The molecule has 0 aromatic heterocycles. The number of nitrogens with zero attached hydrogens (tertiary/aromatic N) is 3. The topological polar surface area (TPSA) is 82.2 Å². The highest BCUT2D eigenvalue weighted by Crippen LogP contribution is 2.48. The molecule has 0 aliphatic carbocycles. The Morgan fingerprint density at radius 3 is 2.49 bits per heavy atom. The van der Waals surface area contributed by atoms with Crippen LogP contribution in [0, 0.1) is 5.92 Å². The van der Waals surface area contributed by atoms with Gasteiger partial charge in [0.15, 0.2) is 0 Å². The number of hydrogen-bond acceptors (Lipinski definition) is 6. The molecule has 37 heavy (non-hydrogen) atoms. The zero-order valence-electron chi connectivity index (χ0n) is 22.9. The van der Waals surface area contributed by atoms with Crippen LogP contribution in [0.4, 0.5) is 19.3 Å². The van der Waals surface area contributed by atoms with E-state index in [1.54, 1.807) is 40.0 Å². The molecule has 0 saturated carbocycles. The van der Waals surface area contributed by atoms with Crippen LogP contribution in [0.5, 0.6) is 0 Å². The molecule has 10 heteroatoms. The van der Waals surface area contributed by atoms with Gasteiger partial charge < -0.3 is 24.8 Å². The van der Waals surface area contributed by atoms with Crippen molar-refractivity contribution >= 4 is 24.0 Å². The molecule has 1 aromatic rings. The summed E-state index contributed by atoms with van der Waals surface area (Å²) in [6, 6.07) is 5.06. The van der Waals surface area contributed by atoms with Gasteiger partial charge in [-0.25, -0.2) is 18.6 Å². The molecule has 0 bridgehead atoms. The highest BCUT2D eigenvalue weighted by molar-refractivity contribution is 5.76. The van der Waals surface area contributed by atoms with Crippen molar-refractivity contribution in [2.45, 2.75) is 83.4 Å². The largest absolute Gasteiger partial charge is 0.444 e. The number of ether oxygens (including phenoxy) is 1. The van der Waals surface area contributed by atoms with E-state index in [9.17, 15) is 14.4 Å². The van der Waals surface area contributed by atoms with Crippen molar-refractivity contribution in [2.24, 2.45) is 5.92 Å². The molecule has 3 atom stereocenters. The second kappa shape index (κ2) is 10.9. The monoisotopic (exact) mass is 522 g/mol. The number of halogens is 2. The van der Waals surface area contributed by atoms with Gasteiger partial charge in [0.2, 0.25) is 5.91 Å². The van der Waals surface area contributed by atoms with Crippen LogP contribution in [0.1, 0.15) is 77.0 Å². The zero-order chi connectivity index (χ0) is 27.7. The maximum absolute atomic E-state index is 15.4. The van der Waals surface area contributed by atoms with Crippen molar-refractivity contribution in [2.75, 3.05) is 32.2 Å². The number of carbonyl (C=O) groups excluding carboxylic acids is 3. The number of aldehydes is 1. The molecule has 1 fully saturated rings. The smallest absolute Gasteiger partial charge is 0.410 e. The molecule has 206 valence electrons. The van der Waals surface area contributed by atoms with Crippen molar-refractivity contribution < 1.29 is 27.9 Å². The van der Waals surface area contributed by atoms with E-state index >= 15 is 8.78 Å². The Balaban J connectivity index is 1.89. The van der Waals surface area contributed by atoms with Crippen molar-refractivity contribution in [3.8, 4) is 0 Å². The second-order valence-corrected chi connectivity index (χ2v) is 11.3. The van der Waals surface area contributed by atoms with Gasteiger partial charge in [0.05, 0.1) is 24.2 Å². The summed E-state index contributed by atoms with van der Waals surface area (Å²) >= 11 is 0. The Hall–Kier alpha value is -2.75. The zero-order valence-corrected chi connectivity index (χ0v) is 22.9. The van der Waals surface area contributed by atoms with Crippen molar-refractivity contribution in [1.29, 1.82) is 0 Å². The number of hydrogen-bond donors (Lipinski definition) is 1. The van der Waals surface area contributed by atoms with E-state index in [0.717, 1.165) is 22.4 Å². The SMILES string of the molecule is CNC(=O)CCC(C=O)C1c2ccc(C3CCN(C(=O)OC(C)(C)C)CC3(F)F)cc2N(C(C)C)N1C. The highest BCUT2D eigenvalue weighted by Gasteiger charge is 2.48. The number of piperidine rings is 1. The van der Waals surface area contributed by atoms with Crippen LogP contribution < -0.4 is 10.3 Å². The highest BCUT2D eigenvalue weighted by atomic mass is 19.3. The summed E-state index contributed by atoms with van der Waals surface area (Å²) in [6.45, 7) is 8.60. The number of nitrogens with one attached hydrogen (secondary N) is 1. The summed E-state index contributed by atoms with van der Waals surface area (Å²) in [5, 5.41) is 6.58. The molecule has 2 aliphatic heterocycles. The van der Waals surface area contributed by atoms with Crippen molar-refractivity contribution in [3.05, 3.63) is 29.3 Å². The van der Waals surface area contributed by atoms with E-state index in [1.165, 1.54) is 0 Å². The van der Waals surface area contributed by atoms with Gasteiger partial charge >= 0.3 is 6.09 Å². The number of benzene rings is 1. The Labute approximate surface area is 218 Å². The average Bonchev–Trinajstić information content (AvgIpc) is 3.08. The van der Waals surface area contributed by atoms with Crippen LogP contribution in [0.15, 0.2) is 18.2 Å². The standard InChI is InChI=1S/C27H40F2N4O4/c1-17(2)33-22-14-18(21-12-13-32(16-27(21,28)29)25(36)37-26(3,4)5)8-10-20(22)24(31(33)7)19(15-34)9-11-23(35)30-6/h8,10,14-15,17,19,21,24H,9,11-13,16H2,1-7H3,(H,30,35). The molecule has 1 aromatic carbocycles. The quantitative estimate of drug-likeness (QED) is 0.531. The molecule has 0 spiro atoms. The van der Waals surface area contributed by atoms with Gasteiger partial charge in [0.1, 0.15) is 11.9 Å². The number of rotatable bonds is 7. The number of carbonyl (C=O) groups is 3. The minimum absolute atomic E-state index is 0.0183. The number of likely N-dealkylation sites (tertiary alicyclic amines) is 1. The summed E-state index contributed by atoms with van der Waals surface area (Å²) in [7, 11) is 3.44. The summed E-state index contributed by atoms with van der Waals surface area (Å²) in [5.74, 6) is -4.75. The van der Waals surface area contributed by atoms with Crippen LogP contribution in [-0.4, -0.2) is 72.9 Å². The molecule has 2 heterocycles.